The lowest BCUT2D eigenvalue weighted by molar-refractivity contribution is 0.644. The monoisotopic (exact) mass is 395 g/mol. The molecule has 152 valence electrons. The third-order valence-corrected chi connectivity index (χ3v) is 5.25. The lowest BCUT2D eigenvalue weighted by Gasteiger charge is -2.23. The van der Waals surface area contributed by atoms with Crippen molar-refractivity contribution in [1.29, 1.82) is 0 Å². The standard InChI is InChI=1S/C22H25NS.2C2H6/c1-4-16(5-2)21-18(17-10-7-6-8-11-17)12-9-13-19(21)22-20(24)14-15-23(22)3;2*1-2/h6-16,24H,4-5H2,1-3H3;2*1-2H3. The van der Waals surface area contributed by atoms with Crippen LogP contribution >= 0.6 is 12.6 Å². The van der Waals surface area contributed by atoms with Gasteiger partial charge in [-0.15, -0.1) is 12.6 Å². The van der Waals surface area contributed by atoms with Gasteiger partial charge in [0, 0.05) is 23.7 Å². The Kier molecular flexibility index (Phi) is 10.8. The van der Waals surface area contributed by atoms with Gasteiger partial charge in [-0.3, -0.25) is 0 Å². The molecule has 1 nitrogen and oxygen atoms in total. The number of benzene rings is 2. The summed E-state index contributed by atoms with van der Waals surface area (Å²) in [6.45, 7) is 12.6. The predicted octanol–water partition coefficient (Wildman–Crippen LogP) is 8.60. The van der Waals surface area contributed by atoms with Crippen molar-refractivity contribution in [2.24, 2.45) is 7.05 Å². The van der Waals surface area contributed by atoms with Gasteiger partial charge in [0.2, 0.25) is 0 Å². The van der Waals surface area contributed by atoms with Crippen LogP contribution in [-0.2, 0) is 7.05 Å². The van der Waals surface area contributed by atoms with Gasteiger partial charge in [0.05, 0.1) is 5.69 Å². The molecule has 0 N–H and O–H groups in total. The predicted molar refractivity (Wildman–Crippen MR) is 130 cm³/mol. The van der Waals surface area contributed by atoms with Crippen molar-refractivity contribution in [2.75, 3.05) is 0 Å². The first kappa shape index (κ1) is 24.1. The Morgan fingerprint density at radius 2 is 1.36 bits per heavy atom. The first-order chi connectivity index (χ1) is 13.7. The highest BCUT2D eigenvalue weighted by Crippen LogP contribution is 2.41. The number of hydrogen-bond donors (Lipinski definition) is 1. The van der Waals surface area contributed by atoms with Crippen molar-refractivity contribution in [2.45, 2.75) is 65.2 Å². The molecule has 3 rings (SSSR count). The van der Waals surface area contributed by atoms with Crippen molar-refractivity contribution in [1.82, 2.24) is 4.57 Å². The SMILES string of the molecule is CC.CC.CCC(CC)c1c(-c2ccccc2)cccc1-c1c(S)ccn1C. The number of rotatable bonds is 5. The third-order valence-electron chi connectivity index (χ3n) is 4.89. The van der Waals surface area contributed by atoms with E-state index in [1.165, 1.54) is 27.9 Å². The summed E-state index contributed by atoms with van der Waals surface area (Å²) in [4.78, 5) is 1.04. The highest BCUT2D eigenvalue weighted by molar-refractivity contribution is 7.80. The minimum absolute atomic E-state index is 0.541. The van der Waals surface area contributed by atoms with Gasteiger partial charge < -0.3 is 4.57 Å². The van der Waals surface area contributed by atoms with Crippen molar-refractivity contribution < 1.29 is 0 Å². The van der Waals surface area contributed by atoms with Crippen molar-refractivity contribution in [3.05, 3.63) is 66.4 Å². The molecule has 0 saturated carbocycles. The second-order valence-corrected chi connectivity index (χ2v) is 6.79. The molecular formula is C26H37NS. The fourth-order valence-electron chi connectivity index (χ4n) is 3.62. The number of nitrogens with zero attached hydrogens (tertiary/aromatic N) is 1. The zero-order chi connectivity index (χ0) is 21.1. The van der Waals surface area contributed by atoms with Gasteiger partial charge in [-0.2, -0.15) is 0 Å². The second kappa shape index (κ2) is 12.5. The Morgan fingerprint density at radius 3 is 1.86 bits per heavy atom. The summed E-state index contributed by atoms with van der Waals surface area (Å²) >= 11 is 4.71. The molecule has 0 aliphatic heterocycles. The number of aryl methyl sites for hydroxylation is 1. The maximum absolute atomic E-state index is 4.71. The molecule has 1 aromatic heterocycles. The van der Waals surface area contributed by atoms with Gasteiger partial charge in [-0.25, -0.2) is 0 Å². The third kappa shape index (κ3) is 5.32. The molecule has 0 fully saturated rings. The van der Waals surface area contributed by atoms with Crippen LogP contribution in [0.5, 0.6) is 0 Å². The number of thiol groups is 1. The van der Waals surface area contributed by atoms with E-state index in [9.17, 15) is 0 Å². The summed E-state index contributed by atoms with van der Waals surface area (Å²) < 4.78 is 2.18. The summed E-state index contributed by atoms with van der Waals surface area (Å²) in [7, 11) is 2.10. The van der Waals surface area contributed by atoms with Crippen LogP contribution in [0.15, 0.2) is 65.7 Å². The van der Waals surface area contributed by atoms with E-state index in [2.05, 4.69) is 86.3 Å². The summed E-state index contributed by atoms with van der Waals surface area (Å²) in [6, 6.07) is 19.5. The van der Waals surface area contributed by atoms with E-state index in [4.69, 9.17) is 12.6 Å². The summed E-state index contributed by atoms with van der Waals surface area (Å²) in [5.41, 5.74) is 6.60. The van der Waals surface area contributed by atoms with Gasteiger partial charge in [-0.05, 0) is 41.5 Å². The molecule has 0 atom stereocenters. The minimum Gasteiger partial charge on any atom is -0.350 e. The molecule has 0 bridgehead atoms. The molecule has 28 heavy (non-hydrogen) atoms. The molecule has 2 aromatic carbocycles. The van der Waals surface area contributed by atoms with Crippen LogP contribution in [0.1, 0.15) is 65.9 Å². The Hall–Kier alpha value is -1.93. The Balaban J connectivity index is 0.000000921. The lowest BCUT2D eigenvalue weighted by atomic mass is 9.83. The molecular weight excluding hydrogens is 358 g/mol. The molecule has 0 spiro atoms. The molecule has 0 amide bonds. The van der Waals surface area contributed by atoms with E-state index in [1.54, 1.807) is 0 Å². The zero-order valence-corrected chi connectivity index (χ0v) is 19.6. The second-order valence-electron chi connectivity index (χ2n) is 6.31. The fourth-order valence-corrected chi connectivity index (χ4v) is 3.97. The molecule has 0 aliphatic carbocycles. The average molecular weight is 396 g/mol. The topological polar surface area (TPSA) is 4.93 Å². The van der Waals surface area contributed by atoms with E-state index in [0.717, 1.165) is 17.7 Å². The Labute approximate surface area is 178 Å². The summed E-state index contributed by atoms with van der Waals surface area (Å²) in [5, 5.41) is 0. The quantitative estimate of drug-likeness (QED) is 0.413. The number of hydrogen-bond acceptors (Lipinski definition) is 1. The van der Waals surface area contributed by atoms with Gasteiger partial charge in [0.25, 0.3) is 0 Å². The highest BCUT2D eigenvalue weighted by atomic mass is 32.1. The van der Waals surface area contributed by atoms with E-state index in [-0.39, 0.29) is 0 Å². The van der Waals surface area contributed by atoms with E-state index >= 15 is 0 Å². The molecule has 0 unspecified atom stereocenters. The van der Waals surface area contributed by atoms with Crippen LogP contribution in [0.4, 0.5) is 0 Å². The molecule has 0 radical (unpaired) electrons. The van der Waals surface area contributed by atoms with Gasteiger partial charge in [0.15, 0.2) is 0 Å². The smallest absolute Gasteiger partial charge is 0.0616 e. The molecule has 1 heterocycles. The highest BCUT2D eigenvalue weighted by Gasteiger charge is 2.20. The largest absolute Gasteiger partial charge is 0.350 e. The lowest BCUT2D eigenvalue weighted by Crippen LogP contribution is -2.04. The van der Waals surface area contributed by atoms with Gasteiger partial charge >= 0.3 is 0 Å². The normalized spacial score (nSPS) is 10.0. The van der Waals surface area contributed by atoms with E-state index in [1.807, 2.05) is 27.7 Å². The average Bonchev–Trinajstić information content (AvgIpc) is 3.10. The molecule has 2 heteroatoms. The first-order valence-corrected chi connectivity index (χ1v) is 11.1. The molecule has 0 aliphatic rings. The fraction of sp³-hybridized carbons (Fsp3) is 0.385. The molecule has 0 saturated heterocycles. The van der Waals surface area contributed by atoms with Crippen LogP contribution in [0.3, 0.4) is 0 Å². The van der Waals surface area contributed by atoms with Crippen molar-refractivity contribution in [3.63, 3.8) is 0 Å². The number of aromatic nitrogens is 1. The first-order valence-electron chi connectivity index (χ1n) is 10.7. The van der Waals surface area contributed by atoms with Gasteiger partial charge in [-0.1, -0.05) is 90.1 Å². The summed E-state index contributed by atoms with van der Waals surface area (Å²) in [6.07, 6.45) is 4.36. The maximum atomic E-state index is 4.71. The van der Waals surface area contributed by atoms with Crippen LogP contribution in [0, 0.1) is 0 Å². The Morgan fingerprint density at radius 1 is 0.786 bits per heavy atom. The van der Waals surface area contributed by atoms with Crippen LogP contribution < -0.4 is 0 Å². The van der Waals surface area contributed by atoms with Crippen LogP contribution in [0.2, 0.25) is 0 Å². The van der Waals surface area contributed by atoms with Crippen molar-refractivity contribution >= 4 is 12.6 Å². The maximum Gasteiger partial charge on any atom is 0.0616 e. The Bertz CT molecular complexity index is 794. The minimum atomic E-state index is 0.541. The van der Waals surface area contributed by atoms with Crippen LogP contribution in [0.25, 0.3) is 22.4 Å². The van der Waals surface area contributed by atoms with Gasteiger partial charge in [0.1, 0.15) is 0 Å². The molecule has 3 aromatic rings. The zero-order valence-electron chi connectivity index (χ0n) is 18.7. The van der Waals surface area contributed by atoms with E-state index < -0.39 is 0 Å². The summed E-state index contributed by atoms with van der Waals surface area (Å²) in [5.74, 6) is 0.541. The van der Waals surface area contributed by atoms with E-state index in [0.29, 0.717) is 5.92 Å². The van der Waals surface area contributed by atoms with Crippen LogP contribution in [-0.4, -0.2) is 4.57 Å². The van der Waals surface area contributed by atoms with Crippen molar-refractivity contribution in [3.8, 4) is 22.4 Å².